The Morgan fingerprint density at radius 2 is 2.12 bits per heavy atom. The lowest BCUT2D eigenvalue weighted by molar-refractivity contribution is 0.0887. The van der Waals surface area contributed by atoms with Crippen molar-refractivity contribution in [2.24, 2.45) is 0 Å². The molecule has 2 N–H and O–H groups in total. The molecule has 1 aromatic carbocycles. The van der Waals surface area contributed by atoms with E-state index in [0.717, 1.165) is 36.6 Å². The molecule has 0 saturated heterocycles. The van der Waals surface area contributed by atoms with Gasteiger partial charge in [0.25, 0.3) is 5.91 Å². The fraction of sp³-hybridized carbons (Fsp3) is 0.353. The number of carbonyl (C=O) groups excluding carboxylic acids is 1. The van der Waals surface area contributed by atoms with Crippen molar-refractivity contribution in [3.05, 3.63) is 46.7 Å². The molecular formula is C17H17ClN4O2. The van der Waals surface area contributed by atoms with E-state index in [4.69, 9.17) is 16.1 Å². The molecule has 1 aliphatic carbocycles. The number of fused-ring (bicyclic) bond motifs is 1. The maximum atomic E-state index is 12.8. The minimum atomic E-state index is -0.552. The van der Waals surface area contributed by atoms with Crippen LogP contribution in [-0.2, 0) is 5.54 Å². The van der Waals surface area contributed by atoms with Gasteiger partial charge in [0.1, 0.15) is 11.2 Å². The number of H-pyrrole nitrogens is 1. The van der Waals surface area contributed by atoms with Gasteiger partial charge in [0, 0.05) is 22.8 Å². The number of nitrogens with zero attached hydrogens (tertiary/aromatic N) is 2. The number of hydrogen-bond acceptors (Lipinski definition) is 4. The van der Waals surface area contributed by atoms with Crippen LogP contribution in [0, 0.1) is 6.92 Å². The molecule has 0 spiro atoms. The second kappa shape index (κ2) is 5.63. The summed E-state index contributed by atoms with van der Waals surface area (Å²) in [7, 11) is 0. The molecule has 2 heterocycles. The third-order valence-corrected chi connectivity index (χ3v) is 4.83. The van der Waals surface area contributed by atoms with Crippen molar-refractivity contribution in [3.8, 4) is 0 Å². The number of benzene rings is 1. The average molecular weight is 345 g/mol. The average Bonchev–Trinajstić information content (AvgIpc) is 3.26. The molecule has 1 saturated carbocycles. The Kier molecular flexibility index (Phi) is 3.57. The minimum Gasteiger partial charge on any atom is -0.351 e. The van der Waals surface area contributed by atoms with Crippen LogP contribution in [-0.4, -0.2) is 21.0 Å². The van der Waals surface area contributed by atoms with E-state index in [9.17, 15) is 4.79 Å². The highest BCUT2D eigenvalue weighted by atomic mass is 35.5. The van der Waals surface area contributed by atoms with Gasteiger partial charge in [0.2, 0.25) is 5.89 Å². The van der Waals surface area contributed by atoms with Crippen LogP contribution in [0.3, 0.4) is 0 Å². The lowest BCUT2D eigenvalue weighted by atomic mass is 9.96. The van der Waals surface area contributed by atoms with E-state index < -0.39 is 5.54 Å². The molecule has 24 heavy (non-hydrogen) atoms. The van der Waals surface area contributed by atoms with Gasteiger partial charge < -0.3 is 14.8 Å². The van der Waals surface area contributed by atoms with Gasteiger partial charge in [-0.1, -0.05) is 29.6 Å². The predicted octanol–water partition coefficient (Wildman–Crippen LogP) is 3.71. The molecule has 124 valence electrons. The first kappa shape index (κ1) is 15.2. The number of nitrogens with one attached hydrogen (secondary N) is 2. The first-order valence-corrected chi connectivity index (χ1v) is 8.35. The Hall–Kier alpha value is -2.34. The fourth-order valence-corrected chi connectivity index (χ4v) is 3.57. The van der Waals surface area contributed by atoms with E-state index in [1.807, 2.05) is 12.1 Å². The highest BCUT2D eigenvalue weighted by Gasteiger charge is 2.41. The molecule has 7 heteroatoms. The van der Waals surface area contributed by atoms with Crippen molar-refractivity contribution in [2.75, 3.05) is 0 Å². The lowest BCUT2D eigenvalue weighted by Gasteiger charge is -2.26. The van der Waals surface area contributed by atoms with E-state index in [0.29, 0.717) is 22.4 Å². The molecule has 0 radical (unpaired) electrons. The monoisotopic (exact) mass is 344 g/mol. The predicted molar refractivity (Wildman–Crippen MR) is 90.0 cm³/mol. The van der Waals surface area contributed by atoms with Gasteiger partial charge in [-0.05, 0) is 37.1 Å². The van der Waals surface area contributed by atoms with Gasteiger partial charge in [-0.2, -0.15) is 4.98 Å². The standard InChI is InChI=1S/C17H17ClN4O2/c1-10-19-16(22-24-10)17(6-2-3-7-17)21-15(23)14-9-11-8-12(18)4-5-13(11)20-14/h4-5,8-9,20H,2-3,6-7H2,1H3,(H,21,23). The second-order valence-electron chi connectivity index (χ2n) is 6.29. The zero-order valence-electron chi connectivity index (χ0n) is 13.2. The van der Waals surface area contributed by atoms with E-state index >= 15 is 0 Å². The van der Waals surface area contributed by atoms with Crippen LogP contribution < -0.4 is 5.32 Å². The van der Waals surface area contributed by atoms with Crippen molar-refractivity contribution < 1.29 is 9.32 Å². The van der Waals surface area contributed by atoms with E-state index in [-0.39, 0.29) is 5.91 Å². The number of aryl methyl sites for hydroxylation is 1. The third-order valence-electron chi connectivity index (χ3n) is 4.59. The van der Waals surface area contributed by atoms with Crippen molar-refractivity contribution in [1.29, 1.82) is 0 Å². The van der Waals surface area contributed by atoms with Gasteiger partial charge in [0.05, 0.1) is 0 Å². The normalized spacial score (nSPS) is 16.6. The van der Waals surface area contributed by atoms with Crippen LogP contribution in [0.4, 0.5) is 0 Å². The topological polar surface area (TPSA) is 83.8 Å². The second-order valence-corrected chi connectivity index (χ2v) is 6.73. The van der Waals surface area contributed by atoms with Crippen LogP contribution in [0.5, 0.6) is 0 Å². The van der Waals surface area contributed by atoms with Gasteiger partial charge in [0.15, 0.2) is 5.82 Å². The van der Waals surface area contributed by atoms with Gasteiger partial charge >= 0.3 is 0 Å². The van der Waals surface area contributed by atoms with Crippen molar-refractivity contribution in [3.63, 3.8) is 0 Å². The number of aromatic nitrogens is 3. The molecule has 4 rings (SSSR count). The summed E-state index contributed by atoms with van der Waals surface area (Å²) in [6, 6.07) is 7.30. The number of rotatable bonds is 3. The van der Waals surface area contributed by atoms with E-state index in [2.05, 4.69) is 20.4 Å². The fourth-order valence-electron chi connectivity index (χ4n) is 3.39. The molecule has 0 unspecified atom stereocenters. The Balaban J connectivity index is 1.65. The number of carbonyl (C=O) groups is 1. The maximum Gasteiger partial charge on any atom is 0.268 e. The van der Waals surface area contributed by atoms with Crippen LogP contribution in [0.2, 0.25) is 5.02 Å². The summed E-state index contributed by atoms with van der Waals surface area (Å²) in [5.74, 6) is 0.891. The van der Waals surface area contributed by atoms with Gasteiger partial charge in [-0.3, -0.25) is 4.79 Å². The summed E-state index contributed by atoms with van der Waals surface area (Å²) in [5, 5.41) is 8.72. The third kappa shape index (κ3) is 2.57. The molecule has 2 aromatic heterocycles. The largest absolute Gasteiger partial charge is 0.351 e. The number of hydrogen-bond donors (Lipinski definition) is 2. The Morgan fingerprint density at radius 1 is 1.33 bits per heavy atom. The molecular weight excluding hydrogens is 328 g/mol. The Labute approximate surface area is 143 Å². The highest BCUT2D eigenvalue weighted by molar-refractivity contribution is 6.31. The van der Waals surface area contributed by atoms with Crippen LogP contribution in [0.15, 0.2) is 28.8 Å². The summed E-state index contributed by atoms with van der Waals surface area (Å²) >= 11 is 6.01. The van der Waals surface area contributed by atoms with E-state index in [1.54, 1.807) is 19.1 Å². The summed E-state index contributed by atoms with van der Waals surface area (Å²) < 4.78 is 5.12. The molecule has 0 bridgehead atoms. The number of aromatic amines is 1. The van der Waals surface area contributed by atoms with Crippen molar-refractivity contribution in [2.45, 2.75) is 38.1 Å². The molecule has 1 aliphatic rings. The SMILES string of the molecule is Cc1nc(C2(NC(=O)c3cc4cc(Cl)ccc4[nH]3)CCCC2)no1. The molecule has 1 amide bonds. The number of halogens is 1. The number of amides is 1. The lowest BCUT2D eigenvalue weighted by Crippen LogP contribution is -2.44. The van der Waals surface area contributed by atoms with Crippen LogP contribution in [0.25, 0.3) is 10.9 Å². The Bertz CT molecular complexity index is 908. The molecule has 3 aromatic rings. The maximum absolute atomic E-state index is 12.8. The first-order valence-electron chi connectivity index (χ1n) is 7.97. The smallest absolute Gasteiger partial charge is 0.268 e. The summed E-state index contributed by atoms with van der Waals surface area (Å²) in [6.45, 7) is 1.75. The quantitative estimate of drug-likeness (QED) is 0.758. The zero-order chi connectivity index (χ0) is 16.7. The summed E-state index contributed by atoms with van der Waals surface area (Å²) in [4.78, 5) is 20.3. The molecule has 0 atom stereocenters. The first-order chi connectivity index (χ1) is 11.6. The van der Waals surface area contributed by atoms with Crippen LogP contribution in [0.1, 0.15) is 47.9 Å². The minimum absolute atomic E-state index is 0.174. The van der Waals surface area contributed by atoms with E-state index in [1.165, 1.54) is 0 Å². The van der Waals surface area contributed by atoms with Gasteiger partial charge in [-0.15, -0.1) is 0 Å². The van der Waals surface area contributed by atoms with Crippen molar-refractivity contribution >= 4 is 28.4 Å². The van der Waals surface area contributed by atoms with Crippen molar-refractivity contribution in [1.82, 2.24) is 20.4 Å². The summed E-state index contributed by atoms with van der Waals surface area (Å²) in [5.41, 5.74) is 0.822. The van der Waals surface area contributed by atoms with Gasteiger partial charge in [-0.25, -0.2) is 0 Å². The zero-order valence-corrected chi connectivity index (χ0v) is 14.0. The van der Waals surface area contributed by atoms with Crippen LogP contribution >= 0.6 is 11.6 Å². The molecule has 6 nitrogen and oxygen atoms in total. The molecule has 0 aliphatic heterocycles. The summed E-state index contributed by atoms with van der Waals surface area (Å²) in [6.07, 6.45) is 3.67. The molecule has 1 fully saturated rings. The highest BCUT2D eigenvalue weighted by Crippen LogP contribution is 2.37. The Morgan fingerprint density at radius 3 is 2.83 bits per heavy atom.